The number of nitrogens with one attached hydrogen (secondary N) is 1. The molecule has 2 aromatic rings. The lowest BCUT2D eigenvalue weighted by Gasteiger charge is -2.18. The Kier molecular flexibility index (Phi) is 3.78. The van der Waals surface area contributed by atoms with Gasteiger partial charge in [0.2, 0.25) is 6.39 Å². The Hall–Kier alpha value is -2.31. The largest absolute Gasteiger partial charge is 0.349 e. The first-order valence-corrected chi connectivity index (χ1v) is 5.93. The molecule has 0 aliphatic heterocycles. The van der Waals surface area contributed by atoms with E-state index in [-0.39, 0.29) is 11.4 Å². The van der Waals surface area contributed by atoms with Crippen LogP contribution in [-0.4, -0.2) is 16.0 Å². The molecule has 0 saturated carbocycles. The summed E-state index contributed by atoms with van der Waals surface area (Å²) < 4.78 is 32.5. The molecule has 1 aromatic heterocycles. The second-order valence-electron chi connectivity index (χ2n) is 4.42. The summed E-state index contributed by atoms with van der Waals surface area (Å²) in [6.07, 6.45) is 1.07. The van der Waals surface area contributed by atoms with Gasteiger partial charge in [-0.25, -0.2) is 0 Å². The van der Waals surface area contributed by atoms with E-state index in [2.05, 4.69) is 20.0 Å². The number of hydrogen-bond acceptors (Lipinski definition) is 4. The number of nitrogens with zero attached hydrogens (tertiary/aromatic N) is 2. The molecule has 106 valence electrons. The van der Waals surface area contributed by atoms with Crippen LogP contribution in [0, 0.1) is 6.92 Å². The lowest BCUT2D eigenvalue weighted by molar-refractivity contribution is -0.147. The van der Waals surface area contributed by atoms with Gasteiger partial charge in [0.05, 0.1) is 6.04 Å². The van der Waals surface area contributed by atoms with Crippen molar-refractivity contribution >= 4 is 5.91 Å². The highest BCUT2D eigenvalue weighted by atomic mass is 19.3. The fourth-order valence-corrected chi connectivity index (χ4v) is 1.62. The highest BCUT2D eigenvalue weighted by Crippen LogP contribution is 2.29. The Morgan fingerprint density at radius 3 is 2.55 bits per heavy atom. The third-order valence-corrected chi connectivity index (χ3v) is 2.81. The Morgan fingerprint density at radius 2 is 2.00 bits per heavy atom. The summed E-state index contributed by atoms with van der Waals surface area (Å²) in [5.41, 5.74) is 0.478. The predicted molar refractivity (Wildman–Crippen MR) is 65.9 cm³/mol. The van der Waals surface area contributed by atoms with Gasteiger partial charge in [0.25, 0.3) is 5.91 Å². The zero-order chi connectivity index (χ0) is 14.8. The van der Waals surface area contributed by atoms with Crippen LogP contribution in [0.1, 0.15) is 29.9 Å². The number of amides is 1. The Balaban J connectivity index is 2.13. The number of carbonyl (C=O) groups is 1. The molecule has 1 unspecified atom stereocenters. The van der Waals surface area contributed by atoms with Crippen molar-refractivity contribution in [1.29, 1.82) is 0 Å². The van der Waals surface area contributed by atoms with Crippen LogP contribution in [0.4, 0.5) is 8.78 Å². The topological polar surface area (TPSA) is 68.0 Å². The highest BCUT2D eigenvalue weighted by Gasteiger charge is 2.41. The average Bonchev–Trinajstić information content (AvgIpc) is 2.93. The number of benzene rings is 1. The maximum atomic E-state index is 14.0. The molecular weight excluding hydrogens is 268 g/mol. The second-order valence-corrected chi connectivity index (χ2v) is 4.42. The molecular formula is C13H13F2N3O2. The monoisotopic (exact) mass is 281 g/mol. The summed E-state index contributed by atoms with van der Waals surface area (Å²) in [5, 5.41) is 5.65. The Bertz CT molecular complexity index is 582. The summed E-state index contributed by atoms with van der Waals surface area (Å²) in [6, 6.07) is 4.75. The Labute approximate surface area is 114 Å². The first kappa shape index (κ1) is 14.1. The molecule has 0 radical (unpaired) electrons. The van der Waals surface area contributed by atoms with Gasteiger partial charge in [-0.05, 0) is 13.8 Å². The summed E-state index contributed by atoms with van der Waals surface area (Å²) in [5.74, 6) is -4.89. The molecule has 0 saturated heterocycles. The summed E-state index contributed by atoms with van der Waals surface area (Å²) in [4.78, 5) is 15.4. The van der Waals surface area contributed by atoms with Crippen molar-refractivity contribution in [3.8, 4) is 0 Å². The van der Waals surface area contributed by atoms with E-state index in [4.69, 9.17) is 0 Å². The number of aromatic nitrogens is 2. The van der Waals surface area contributed by atoms with E-state index in [1.165, 1.54) is 31.2 Å². The minimum atomic E-state index is -3.62. The maximum Gasteiger partial charge on any atom is 0.349 e. The molecule has 1 aromatic carbocycles. The minimum Gasteiger partial charge on any atom is -0.343 e. The van der Waals surface area contributed by atoms with Crippen LogP contribution in [-0.2, 0) is 10.7 Å². The van der Waals surface area contributed by atoms with Crippen LogP contribution in [0.3, 0.4) is 0 Å². The molecule has 2 rings (SSSR count). The van der Waals surface area contributed by atoms with Crippen molar-refractivity contribution in [2.75, 3.05) is 0 Å². The third kappa shape index (κ3) is 2.81. The van der Waals surface area contributed by atoms with E-state index in [0.717, 1.165) is 12.0 Å². The molecule has 5 nitrogen and oxygen atoms in total. The van der Waals surface area contributed by atoms with Gasteiger partial charge in [-0.1, -0.05) is 35.0 Å². The maximum absolute atomic E-state index is 14.0. The van der Waals surface area contributed by atoms with E-state index in [0.29, 0.717) is 0 Å². The van der Waals surface area contributed by atoms with Gasteiger partial charge in [-0.15, -0.1) is 0 Å². The van der Waals surface area contributed by atoms with Gasteiger partial charge in [0.1, 0.15) is 0 Å². The Morgan fingerprint density at radius 1 is 1.35 bits per heavy atom. The van der Waals surface area contributed by atoms with E-state index in [1.807, 2.05) is 0 Å². The number of carbonyl (C=O) groups excluding carboxylic acids is 1. The van der Waals surface area contributed by atoms with Crippen molar-refractivity contribution < 1.29 is 18.1 Å². The molecule has 1 atom stereocenters. The predicted octanol–water partition coefficient (Wildman–Crippen LogP) is 2.35. The number of halogens is 2. The minimum absolute atomic E-state index is 0.137. The molecule has 0 spiro atoms. The second kappa shape index (κ2) is 5.36. The van der Waals surface area contributed by atoms with E-state index in [1.54, 1.807) is 6.92 Å². The van der Waals surface area contributed by atoms with Crippen molar-refractivity contribution in [3.63, 3.8) is 0 Å². The van der Waals surface area contributed by atoms with E-state index in [9.17, 15) is 13.6 Å². The summed E-state index contributed by atoms with van der Waals surface area (Å²) >= 11 is 0. The van der Waals surface area contributed by atoms with Crippen LogP contribution in [0.5, 0.6) is 0 Å². The molecule has 0 aliphatic rings. The van der Waals surface area contributed by atoms with E-state index >= 15 is 0 Å². The fraction of sp³-hybridized carbons (Fsp3) is 0.308. The highest BCUT2D eigenvalue weighted by molar-refractivity contribution is 5.85. The summed E-state index contributed by atoms with van der Waals surface area (Å²) in [6.45, 7) is 3.27. The normalized spacial score (nSPS) is 13.0. The first-order chi connectivity index (χ1) is 9.41. The van der Waals surface area contributed by atoms with Crippen molar-refractivity contribution in [2.45, 2.75) is 25.8 Å². The van der Waals surface area contributed by atoms with Crippen LogP contribution in [0.15, 0.2) is 35.2 Å². The standard InChI is InChI=1S/C13H13F2N3O2/c1-8-3-5-10(6-4-8)13(14,15)12(19)17-9(2)11-16-7-20-18-11/h3-7,9H,1-2H3,(H,17,19). The van der Waals surface area contributed by atoms with Crippen LogP contribution < -0.4 is 5.32 Å². The zero-order valence-corrected chi connectivity index (χ0v) is 10.9. The zero-order valence-electron chi connectivity index (χ0n) is 10.9. The van der Waals surface area contributed by atoms with Gasteiger partial charge in [0.15, 0.2) is 5.82 Å². The molecule has 0 bridgehead atoms. The fourth-order valence-electron chi connectivity index (χ4n) is 1.62. The van der Waals surface area contributed by atoms with Crippen LogP contribution in [0.2, 0.25) is 0 Å². The number of rotatable bonds is 4. The smallest absolute Gasteiger partial charge is 0.343 e. The quantitative estimate of drug-likeness (QED) is 0.934. The van der Waals surface area contributed by atoms with Crippen molar-refractivity contribution in [2.24, 2.45) is 0 Å². The van der Waals surface area contributed by atoms with Crippen LogP contribution in [0.25, 0.3) is 0 Å². The lowest BCUT2D eigenvalue weighted by atomic mass is 10.1. The molecule has 0 fully saturated rings. The number of hydrogen-bond donors (Lipinski definition) is 1. The molecule has 0 aliphatic carbocycles. The molecule has 1 N–H and O–H groups in total. The third-order valence-electron chi connectivity index (χ3n) is 2.81. The van der Waals surface area contributed by atoms with Crippen LogP contribution >= 0.6 is 0 Å². The molecule has 1 amide bonds. The van der Waals surface area contributed by atoms with Gasteiger partial charge >= 0.3 is 5.92 Å². The van der Waals surface area contributed by atoms with E-state index < -0.39 is 17.9 Å². The van der Waals surface area contributed by atoms with Gasteiger partial charge in [-0.2, -0.15) is 13.8 Å². The molecule has 20 heavy (non-hydrogen) atoms. The number of aryl methyl sites for hydroxylation is 1. The average molecular weight is 281 g/mol. The summed E-state index contributed by atoms with van der Waals surface area (Å²) in [7, 11) is 0. The van der Waals surface area contributed by atoms with Crippen molar-refractivity contribution in [1.82, 2.24) is 15.5 Å². The lowest BCUT2D eigenvalue weighted by Crippen LogP contribution is -2.39. The SMILES string of the molecule is Cc1ccc(C(F)(F)C(=O)NC(C)c2ncon2)cc1. The number of alkyl halides is 2. The van der Waals surface area contributed by atoms with Gasteiger partial charge < -0.3 is 9.84 Å². The molecule has 7 heteroatoms. The van der Waals surface area contributed by atoms with Gasteiger partial charge in [-0.3, -0.25) is 4.79 Å². The van der Waals surface area contributed by atoms with Gasteiger partial charge in [0, 0.05) is 5.56 Å². The van der Waals surface area contributed by atoms with Crippen molar-refractivity contribution in [3.05, 3.63) is 47.6 Å². The molecule has 1 heterocycles. The first-order valence-electron chi connectivity index (χ1n) is 5.93.